The molecule has 0 N–H and O–H groups in total. The third-order valence-electron chi connectivity index (χ3n) is 5.83. The molecular formula is C27H16Cl3N5O2S. The van der Waals surface area contributed by atoms with E-state index in [1.54, 1.807) is 48.2 Å². The van der Waals surface area contributed by atoms with Gasteiger partial charge in [-0.25, -0.2) is 4.68 Å². The maximum atomic E-state index is 13.3. The molecule has 0 saturated heterocycles. The van der Waals surface area contributed by atoms with Crippen LogP contribution in [0.15, 0.2) is 77.7 Å². The van der Waals surface area contributed by atoms with Gasteiger partial charge in [-0.3, -0.25) is 4.79 Å². The zero-order valence-corrected chi connectivity index (χ0v) is 22.7. The van der Waals surface area contributed by atoms with E-state index in [1.165, 1.54) is 15.9 Å². The minimum atomic E-state index is -0.292. The van der Waals surface area contributed by atoms with Crippen LogP contribution in [-0.2, 0) is 0 Å². The van der Waals surface area contributed by atoms with Crippen LogP contribution in [0.2, 0.25) is 15.1 Å². The van der Waals surface area contributed by atoms with E-state index < -0.39 is 0 Å². The summed E-state index contributed by atoms with van der Waals surface area (Å²) in [5, 5.41) is 10.6. The van der Waals surface area contributed by atoms with Crippen LogP contribution in [0.5, 0.6) is 5.75 Å². The number of para-hydroxylation sites is 1. The summed E-state index contributed by atoms with van der Waals surface area (Å²) >= 11 is 20.0. The highest BCUT2D eigenvalue weighted by atomic mass is 35.5. The van der Waals surface area contributed by atoms with Crippen LogP contribution in [-0.4, -0.2) is 31.5 Å². The molecule has 0 bridgehead atoms. The van der Waals surface area contributed by atoms with Gasteiger partial charge < -0.3 is 4.74 Å². The first-order valence-electron chi connectivity index (χ1n) is 11.3. The Balaban J connectivity index is 1.49. The highest BCUT2D eigenvalue weighted by Crippen LogP contribution is 2.32. The molecule has 0 atom stereocenters. The maximum absolute atomic E-state index is 13.3. The Bertz CT molecular complexity index is 1930. The fraction of sp³-hybridized carbons (Fsp3) is 0.0370. The number of thiazole rings is 1. The third-order valence-corrected chi connectivity index (χ3v) is 7.63. The van der Waals surface area contributed by atoms with Crippen LogP contribution < -0.4 is 14.8 Å². The van der Waals surface area contributed by atoms with Crippen molar-refractivity contribution in [3.05, 3.63) is 108 Å². The van der Waals surface area contributed by atoms with Gasteiger partial charge in [0.1, 0.15) is 11.4 Å². The number of ether oxygens (including phenoxy) is 1. The van der Waals surface area contributed by atoms with Crippen molar-refractivity contribution in [2.45, 2.75) is 0 Å². The van der Waals surface area contributed by atoms with E-state index in [1.807, 2.05) is 42.6 Å². The van der Waals surface area contributed by atoms with Gasteiger partial charge >= 0.3 is 0 Å². The zero-order chi connectivity index (χ0) is 26.4. The number of benzene rings is 3. The highest BCUT2D eigenvalue weighted by molar-refractivity contribution is 7.15. The van der Waals surface area contributed by atoms with Crippen molar-refractivity contribution in [2.75, 3.05) is 7.11 Å². The van der Waals surface area contributed by atoms with Crippen LogP contribution >= 0.6 is 46.1 Å². The van der Waals surface area contributed by atoms with Gasteiger partial charge in [0.2, 0.25) is 4.96 Å². The van der Waals surface area contributed by atoms with Crippen molar-refractivity contribution in [1.82, 2.24) is 24.4 Å². The summed E-state index contributed by atoms with van der Waals surface area (Å²) in [4.78, 5) is 18.3. The lowest BCUT2D eigenvalue weighted by molar-refractivity contribution is 0.415. The van der Waals surface area contributed by atoms with Crippen LogP contribution in [0.1, 0.15) is 5.56 Å². The molecule has 0 aliphatic rings. The monoisotopic (exact) mass is 579 g/mol. The summed E-state index contributed by atoms with van der Waals surface area (Å²) < 4.78 is 8.80. The van der Waals surface area contributed by atoms with Gasteiger partial charge in [0.25, 0.3) is 5.56 Å². The SMILES string of the molecule is COc1ccc(-c2nn(-c3ccccc3)cc2C=c2sc3nc(-c4ccc(Cl)cc4Cl)nn3c2=O)cc1Cl. The van der Waals surface area contributed by atoms with Gasteiger partial charge in [0, 0.05) is 27.9 Å². The molecule has 188 valence electrons. The maximum Gasteiger partial charge on any atom is 0.291 e. The fourth-order valence-corrected chi connectivity index (χ4v) is 5.65. The summed E-state index contributed by atoms with van der Waals surface area (Å²) in [6.45, 7) is 0. The minimum absolute atomic E-state index is 0.292. The quantitative estimate of drug-likeness (QED) is 0.243. The van der Waals surface area contributed by atoms with E-state index in [9.17, 15) is 4.79 Å². The molecule has 11 heteroatoms. The van der Waals surface area contributed by atoms with Crippen molar-refractivity contribution < 1.29 is 4.74 Å². The van der Waals surface area contributed by atoms with Crippen molar-refractivity contribution in [3.63, 3.8) is 0 Å². The summed E-state index contributed by atoms with van der Waals surface area (Å²) in [6, 6.07) is 20.2. The molecule has 3 heterocycles. The summed E-state index contributed by atoms with van der Waals surface area (Å²) in [5.41, 5.74) is 3.36. The van der Waals surface area contributed by atoms with Crippen LogP contribution in [0.3, 0.4) is 0 Å². The van der Waals surface area contributed by atoms with E-state index in [0.717, 1.165) is 16.8 Å². The van der Waals surface area contributed by atoms with E-state index >= 15 is 0 Å². The Morgan fingerprint density at radius 3 is 2.47 bits per heavy atom. The highest BCUT2D eigenvalue weighted by Gasteiger charge is 2.17. The molecule has 0 amide bonds. The first kappa shape index (κ1) is 24.6. The predicted octanol–water partition coefficient (Wildman–Crippen LogP) is 6.19. The Hall–Kier alpha value is -3.69. The lowest BCUT2D eigenvalue weighted by Gasteiger charge is -2.05. The lowest BCUT2D eigenvalue weighted by atomic mass is 10.1. The summed E-state index contributed by atoms with van der Waals surface area (Å²) in [5.74, 6) is 0.916. The number of hydrogen-bond acceptors (Lipinski definition) is 6. The molecule has 0 radical (unpaired) electrons. The van der Waals surface area contributed by atoms with Gasteiger partial charge in [-0.05, 0) is 54.6 Å². The molecule has 0 fully saturated rings. The first-order valence-corrected chi connectivity index (χ1v) is 13.2. The van der Waals surface area contributed by atoms with E-state index in [2.05, 4.69) is 10.1 Å². The normalized spacial score (nSPS) is 11.9. The average molecular weight is 581 g/mol. The van der Waals surface area contributed by atoms with Gasteiger partial charge in [0.15, 0.2) is 5.82 Å². The second-order valence-corrected chi connectivity index (χ2v) is 10.5. The number of aromatic nitrogens is 5. The van der Waals surface area contributed by atoms with Crippen molar-refractivity contribution in [1.29, 1.82) is 0 Å². The van der Waals surface area contributed by atoms with Gasteiger partial charge in [0.05, 0.1) is 27.4 Å². The summed E-state index contributed by atoms with van der Waals surface area (Å²) in [7, 11) is 1.56. The molecule has 0 unspecified atom stereocenters. The van der Waals surface area contributed by atoms with Gasteiger partial charge in [-0.15, -0.1) is 5.10 Å². The largest absolute Gasteiger partial charge is 0.495 e. The molecule has 0 aliphatic carbocycles. The number of nitrogens with zero attached hydrogens (tertiary/aromatic N) is 5. The Kier molecular flexibility index (Phi) is 6.41. The average Bonchev–Trinajstić information content (AvgIpc) is 3.60. The second-order valence-electron chi connectivity index (χ2n) is 8.23. The molecule has 3 aromatic heterocycles. The first-order chi connectivity index (χ1) is 18.4. The Morgan fingerprint density at radius 1 is 0.947 bits per heavy atom. The van der Waals surface area contributed by atoms with Crippen LogP contribution in [0, 0.1) is 0 Å². The topological polar surface area (TPSA) is 74.3 Å². The smallest absolute Gasteiger partial charge is 0.291 e. The molecular weight excluding hydrogens is 565 g/mol. The minimum Gasteiger partial charge on any atom is -0.495 e. The third kappa shape index (κ3) is 4.46. The Labute approximate surface area is 235 Å². The van der Waals surface area contributed by atoms with E-state index in [4.69, 9.17) is 44.6 Å². The molecule has 6 rings (SSSR count). The van der Waals surface area contributed by atoms with Crippen molar-refractivity contribution >= 4 is 57.2 Å². The van der Waals surface area contributed by atoms with Crippen molar-refractivity contribution in [2.24, 2.45) is 0 Å². The lowest BCUT2D eigenvalue weighted by Crippen LogP contribution is -2.23. The van der Waals surface area contributed by atoms with E-state index in [0.29, 0.717) is 47.4 Å². The second kappa shape index (κ2) is 9.89. The molecule has 0 spiro atoms. The molecule has 0 saturated carbocycles. The molecule has 6 aromatic rings. The fourth-order valence-electron chi connectivity index (χ4n) is 4.00. The zero-order valence-electron chi connectivity index (χ0n) is 19.6. The van der Waals surface area contributed by atoms with Crippen LogP contribution in [0.4, 0.5) is 0 Å². The molecule has 3 aromatic carbocycles. The number of rotatable bonds is 5. The summed E-state index contributed by atoms with van der Waals surface area (Å²) in [6.07, 6.45) is 3.66. The number of fused-ring (bicyclic) bond motifs is 1. The van der Waals surface area contributed by atoms with Gasteiger partial charge in [-0.1, -0.05) is 64.3 Å². The molecule has 7 nitrogen and oxygen atoms in total. The predicted molar refractivity (Wildman–Crippen MR) is 152 cm³/mol. The van der Waals surface area contributed by atoms with Crippen LogP contribution in [0.25, 0.3) is 39.4 Å². The van der Waals surface area contributed by atoms with Crippen molar-refractivity contribution in [3.8, 4) is 34.1 Å². The number of methoxy groups -OCH3 is 1. The van der Waals surface area contributed by atoms with E-state index in [-0.39, 0.29) is 5.56 Å². The van der Waals surface area contributed by atoms with Gasteiger partial charge in [-0.2, -0.15) is 14.6 Å². The molecule has 0 aliphatic heterocycles. The number of hydrogen-bond donors (Lipinski definition) is 0. The molecule has 38 heavy (non-hydrogen) atoms. The Morgan fingerprint density at radius 2 is 1.76 bits per heavy atom. The number of halogens is 3. The standard InChI is InChI=1S/C27H16Cl3N5O2S/c1-37-22-10-7-15(11-21(22)30)24-16(14-34(32-24)18-5-3-2-4-6-18)12-23-26(36)35-27(38-23)31-25(33-35)19-9-8-17(28)13-20(19)29/h2-14H,1H3.